The van der Waals surface area contributed by atoms with E-state index in [0.717, 1.165) is 24.3 Å². The van der Waals surface area contributed by atoms with Gasteiger partial charge in [0.1, 0.15) is 11.8 Å². The summed E-state index contributed by atoms with van der Waals surface area (Å²) >= 11 is 0. The first kappa shape index (κ1) is 11.8. The molecule has 0 saturated heterocycles. The van der Waals surface area contributed by atoms with Gasteiger partial charge in [-0.2, -0.15) is 5.26 Å². The standard InChI is InChI=1S/C14H18N2O/c1-17-13-8-4-7-12(9-13)16-14(10-15)11-5-2-3-6-11/h4,7-9,11,14,16H,2-3,5-6H2,1H3. The quantitative estimate of drug-likeness (QED) is 0.864. The molecule has 0 heterocycles. The van der Waals surface area contributed by atoms with E-state index in [4.69, 9.17) is 4.74 Å². The molecule has 0 spiro atoms. The lowest BCUT2D eigenvalue weighted by molar-refractivity contribution is 0.415. The fraction of sp³-hybridized carbons (Fsp3) is 0.500. The smallest absolute Gasteiger partial charge is 0.120 e. The van der Waals surface area contributed by atoms with Crippen molar-refractivity contribution in [3.8, 4) is 11.8 Å². The van der Waals surface area contributed by atoms with E-state index < -0.39 is 0 Å². The fourth-order valence-corrected chi connectivity index (χ4v) is 2.44. The third-order valence-corrected chi connectivity index (χ3v) is 3.40. The number of rotatable bonds is 4. The normalized spacial score (nSPS) is 17.4. The van der Waals surface area contributed by atoms with Crippen molar-refractivity contribution >= 4 is 5.69 Å². The van der Waals surface area contributed by atoms with Crippen LogP contribution in [-0.2, 0) is 0 Å². The van der Waals surface area contributed by atoms with Crippen molar-refractivity contribution in [2.24, 2.45) is 5.92 Å². The van der Waals surface area contributed by atoms with Crippen LogP contribution in [0.1, 0.15) is 25.7 Å². The fourth-order valence-electron chi connectivity index (χ4n) is 2.44. The topological polar surface area (TPSA) is 45.0 Å². The maximum Gasteiger partial charge on any atom is 0.120 e. The summed E-state index contributed by atoms with van der Waals surface area (Å²) in [5.41, 5.74) is 0.961. The molecular weight excluding hydrogens is 212 g/mol. The number of hydrogen-bond acceptors (Lipinski definition) is 3. The number of nitriles is 1. The maximum atomic E-state index is 9.23. The average Bonchev–Trinajstić information content (AvgIpc) is 2.90. The summed E-state index contributed by atoms with van der Waals surface area (Å²) in [5, 5.41) is 12.5. The Morgan fingerprint density at radius 2 is 2.18 bits per heavy atom. The second kappa shape index (κ2) is 5.58. The molecule has 1 fully saturated rings. The summed E-state index contributed by atoms with van der Waals surface area (Å²) in [6.45, 7) is 0. The van der Waals surface area contributed by atoms with E-state index in [1.165, 1.54) is 12.8 Å². The predicted molar refractivity (Wildman–Crippen MR) is 68.0 cm³/mol. The van der Waals surface area contributed by atoms with Gasteiger partial charge < -0.3 is 10.1 Å². The zero-order valence-electron chi connectivity index (χ0n) is 10.1. The van der Waals surface area contributed by atoms with Crippen LogP contribution in [0.2, 0.25) is 0 Å². The summed E-state index contributed by atoms with van der Waals surface area (Å²) in [7, 11) is 1.65. The summed E-state index contributed by atoms with van der Waals surface area (Å²) in [6.07, 6.45) is 4.83. The van der Waals surface area contributed by atoms with Gasteiger partial charge in [-0.25, -0.2) is 0 Å². The van der Waals surface area contributed by atoms with Gasteiger partial charge in [-0.05, 0) is 30.9 Å². The van der Waals surface area contributed by atoms with Crippen molar-refractivity contribution in [3.05, 3.63) is 24.3 Å². The Hall–Kier alpha value is -1.69. The highest BCUT2D eigenvalue weighted by atomic mass is 16.5. The molecule has 1 saturated carbocycles. The Balaban J connectivity index is 2.04. The highest BCUT2D eigenvalue weighted by Crippen LogP contribution is 2.29. The first-order valence-electron chi connectivity index (χ1n) is 6.13. The first-order valence-corrected chi connectivity index (χ1v) is 6.13. The third-order valence-electron chi connectivity index (χ3n) is 3.40. The SMILES string of the molecule is COc1cccc(NC(C#N)C2CCCC2)c1. The summed E-state index contributed by atoms with van der Waals surface area (Å²) < 4.78 is 5.17. The molecule has 3 heteroatoms. The zero-order valence-corrected chi connectivity index (χ0v) is 10.1. The van der Waals surface area contributed by atoms with Crippen molar-refractivity contribution in [1.29, 1.82) is 5.26 Å². The van der Waals surface area contributed by atoms with E-state index in [2.05, 4.69) is 11.4 Å². The van der Waals surface area contributed by atoms with Crippen molar-refractivity contribution in [1.82, 2.24) is 0 Å². The number of benzene rings is 1. The number of ether oxygens (including phenoxy) is 1. The van der Waals surface area contributed by atoms with Crippen molar-refractivity contribution in [3.63, 3.8) is 0 Å². The van der Waals surface area contributed by atoms with E-state index in [-0.39, 0.29) is 6.04 Å². The Kier molecular flexibility index (Phi) is 3.87. The van der Waals surface area contributed by atoms with Gasteiger partial charge in [0.15, 0.2) is 0 Å². The largest absolute Gasteiger partial charge is 0.497 e. The minimum absolute atomic E-state index is 0.0791. The van der Waals surface area contributed by atoms with Crippen LogP contribution >= 0.6 is 0 Å². The molecule has 0 amide bonds. The van der Waals surface area contributed by atoms with Crippen LogP contribution in [0.25, 0.3) is 0 Å². The predicted octanol–water partition coefficient (Wildman–Crippen LogP) is 3.19. The van der Waals surface area contributed by atoms with Crippen LogP contribution in [0.15, 0.2) is 24.3 Å². The lowest BCUT2D eigenvalue weighted by Gasteiger charge is -2.19. The number of nitrogens with one attached hydrogen (secondary N) is 1. The van der Waals surface area contributed by atoms with E-state index in [9.17, 15) is 5.26 Å². The molecule has 1 aromatic carbocycles. The van der Waals surface area contributed by atoms with Gasteiger partial charge in [-0.3, -0.25) is 0 Å². The monoisotopic (exact) mass is 230 g/mol. The molecule has 1 atom stereocenters. The zero-order chi connectivity index (χ0) is 12.1. The van der Waals surface area contributed by atoms with Crippen LogP contribution in [0.4, 0.5) is 5.69 Å². The number of methoxy groups -OCH3 is 1. The minimum Gasteiger partial charge on any atom is -0.497 e. The van der Waals surface area contributed by atoms with Gasteiger partial charge in [-0.15, -0.1) is 0 Å². The molecule has 1 aromatic rings. The molecule has 2 rings (SSSR count). The van der Waals surface area contributed by atoms with Gasteiger partial charge in [0.2, 0.25) is 0 Å². The van der Waals surface area contributed by atoms with Crippen LogP contribution in [0, 0.1) is 17.2 Å². The van der Waals surface area contributed by atoms with Gasteiger partial charge in [0, 0.05) is 11.8 Å². The van der Waals surface area contributed by atoms with Crippen LogP contribution in [-0.4, -0.2) is 13.2 Å². The van der Waals surface area contributed by atoms with Crippen LogP contribution in [0.5, 0.6) is 5.75 Å². The minimum atomic E-state index is -0.0791. The molecule has 1 aliphatic rings. The van der Waals surface area contributed by atoms with Gasteiger partial charge in [0.25, 0.3) is 0 Å². The number of hydrogen-bond donors (Lipinski definition) is 1. The summed E-state index contributed by atoms with van der Waals surface area (Å²) in [4.78, 5) is 0. The number of anilines is 1. The van der Waals surface area contributed by atoms with Crippen LogP contribution in [0.3, 0.4) is 0 Å². The molecule has 0 radical (unpaired) electrons. The Morgan fingerprint density at radius 3 is 2.82 bits per heavy atom. The molecule has 17 heavy (non-hydrogen) atoms. The molecule has 90 valence electrons. The summed E-state index contributed by atoms with van der Waals surface area (Å²) in [6, 6.07) is 10.0. The van der Waals surface area contributed by atoms with E-state index in [0.29, 0.717) is 5.92 Å². The first-order chi connectivity index (χ1) is 8.33. The molecule has 0 bridgehead atoms. The highest BCUT2D eigenvalue weighted by Gasteiger charge is 2.24. The van der Waals surface area contributed by atoms with Crippen molar-refractivity contribution < 1.29 is 4.74 Å². The molecular formula is C14H18N2O. The second-order valence-electron chi connectivity index (χ2n) is 4.53. The molecule has 0 aromatic heterocycles. The molecule has 3 nitrogen and oxygen atoms in total. The van der Waals surface area contributed by atoms with E-state index >= 15 is 0 Å². The molecule has 1 unspecified atom stereocenters. The lowest BCUT2D eigenvalue weighted by Crippen LogP contribution is -2.25. The van der Waals surface area contributed by atoms with E-state index in [1.54, 1.807) is 7.11 Å². The lowest BCUT2D eigenvalue weighted by atomic mass is 9.99. The van der Waals surface area contributed by atoms with Gasteiger partial charge >= 0.3 is 0 Å². The molecule has 0 aliphatic heterocycles. The highest BCUT2D eigenvalue weighted by molar-refractivity contribution is 5.49. The summed E-state index contributed by atoms with van der Waals surface area (Å²) in [5.74, 6) is 1.31. The van der Waals surface area contributed by atoms with Crippen LogP contribution < -0.4 is 10.1 Å². The second-order valence-corrected chi connectivity index (χ2v) is 4.53. The average molecular weight is 230 g/mol. The Labute approximate surface area is 102 Å². The third kappa shape index (κ3) is 2.91. The Morgan fingerprint density at radius 1 is 1.41 bits per heavy atom. The van der Waals surface area contributed by atoms with E-state index in [1.807, 2.05) is 24.3 Å². The molecule has 1 aliphatic carbocycles. The van der Waals surface area contributed by atoms with Gasteiger partial charge in [0.05, 0.1) is 13.2 Å². The molecule has 1 N–H and O–H groups in total. The Bertz CT molecular complexity index is 405. The van der Waals surface area contributed by atoms with Crippen molar-refractivity contribution in [2.75, 3.05) is 12.4 Å². The maximum absolute atomic E-state index is 9.23. The number of nitrogens with zero attached hydrogens (tertiary/aromatic N) is 1. The van der Waals surface area contributed by atoms with Crippen molar-refractivity contribution in [2.45, 2.75) is 31.7 Å². The van der Waals surface area contributed by atoms with Gasteiger partial charge in [-0.1, -0.05) is 18.9 Å².